The van der Waals surface area contributed by atoms with Crippen molar-refractivity contribution >= 4 is 5.91 Å². The maximum absolute atomic E-state index is 12.7. The van der Waals surface area contributed by atoms with Gasteiger partial charge in [-0.25, -0.2) is 4.68 Å². The van der Waals surface area contributed by atoms with E-state index in [1.165, 1.54) is 22.4 Å². The predicted molar refractivity (Wildman–Crippen MR) is 94.8 cm³/mol. The van der Waals surface area contributed by atoms with Crippen molar-refractivity contribution in [1.29, 1.82) is 0 Å². The molecule has 0 atom stereocenters. The summed E-state index contributed by atoms with van der Waals surface area (Å²) in [5, 5.41) is 13.6. The standard InChI is InChI=1S/C19H23N3O3/c1-2-11-22-18(24)8-7-17(20-22)19(25)21-12-9-15(10-13-21)14-3-5-16(23)6-4-14/h3-8,15,23H,2,9-13H2,1H3. The van der Waals surface area contributed by atoms with E-state index in [1.807, 2.05) is 19.1 Å². The van der Waals surface area contributed by atoms with Crippen molar-refractivity contribution in [2.75, 3.05) is 13.1 Å². The Labute approximate surface area is 146 Å². The molecule has 6 nitrogen and oxygen atoms in total. The lowest BCUT2D eigenvalue weighted by Crippen LogP contribution is -2.39. The largest absolute Gasteiger partial charge is 0.508 e. The van der Waals surface area contributed by atoms with Gasteiger partial charge < -0.3 is 10.0 Å². The van der Waals surface area contributed by atoms with Crippen LogP contribution in [0.4, 0.5) is 0 Å². The van der Waals surface area contributed by atoms with Crippen LogP contribution in [-0.2, 0) is 6.54 Å². The lowest BCUT2D eigenvalue weighted by molar-refractivity contribution is 0.0704. The number of aromatic hydroxyl groups is 1. The van der Waals surface area contributed by atoms with Crippen LogP contribution in [0.15, 0.2) is 41.2 Å². The highest BCUT2D eigenvalue weighted by Crippen LogP contribution is 2.29. The second kappa shape index (κ2) is 7.51. The first kappa shape index (κ1) is 17.2. The van der Waals surface area contributed by atoms with Crippen molar-refractivity contribution < 1.29 is 9.90 Å². The number of benzene rings is 1. The number of hydrogen-bond acceptors (Lipinski definition) is 4. The highest BCUT2D eigenvalue weighted by molar-refractivity contribution is 5.92. The van der Waals surface area contributed by atoms with E-state index in [-0.39, 0.29) is 17.2 Å². The Bertz CT molecular complexity index is 790. The molecule has 1 N–H and O–H groups in total. The molecule has 0 unspecified atom stereocenters. The summed E-state index contributed by atoms with van der Waals surface area (Å²) in [7, 11) is 0. The fourth-order valence-electron chi connectivity index (χ4n) is 3.26. The number of hydrogen-bond donors (Lipinski definition) is 1. The zero-order valence-electron chi connectivity index (χ0n) is 14.4. The summed E-state index contributed by atoms with van der Waals surface area (Å²) in [6.07, 6.45) is 2.55. The van der Waals surface area contributed by atoms with E-state index in [9.17, 15) is 14.7 Å². The first-order valence-electron chi connectivity index (χ1n) is 8.75. The number of carbonyl (C=O) groups excluding carboxylic acids is 1. The molecule has 0 bridgehead atoms. The number of amides is 1. The summed E-state index contributed by atoms with van der Waals surface area (Å²) in [5.41, 5.74) is 1.35. The van der Waals surface area contributed by atoms with Crippen molar-refractivity contribution in [3.05, 3.63) is 58.0 Å². The van der Waals surface area contributed by atoms with Crippen LogP contribution in [0.5, 0.6) is 5.75 Å². The quantitative estimate of drug-likeness (QED) is 0.926. The van der Waals surface area contributed by atoms with Crippen LogP contribution in [0, 0.1) is 0 Å². The number of phenols is 1. The molecule has 6 heteroatoms. The number of carbonyl (C=O) groups is 1. The molecule has 1 saturated heterocycles. The number of aryl methyl sites for hydroxylation is 1. The molecule has 3 rings (SSSR count). The summed E-state index contributed by atoms with van der Waals surface area (Å²) < 4.78 is 1.36. The Morgan fingerprint density at radius 2 is 1.84 bits per heavy atom. The van der Waals surface area contributed by atoms with Crippen LogP contribution in [0.2, 0.25) is 0 Å². The van der Waals surface area contributed by atoms with Crippen molar-refractivity contribution in [3.63, 3.8) is 0 Å². The predicted octanol–water partition coefficient (Wildman–Crippen LogP) is 2.38. The minimum Gasteiger partial charge on any atom is -0.508 e. The Morgan fingerprint density at radius 1 is 1.16 bits per heavy atom. The Hall–Kier alpha value is -2.63. The van der Waals surface area contributed by atoms with Gasteiger partial charge in [-0.05, 0) is 48.9 Å². The van der Waals surface area contributed by atoms with E-state index in [0.717, 1.165) is 19.3 Å². The maximum atomic E-state index is 12.7. The van der Waals surface area contributed by atoms with E-state index >= 15 is 0 Å². The topological polar surface area (TPSA) is 75.4 Å². The van der Waals surface area contributed by atoms with Crippen LogP contribution in [-0.4, -0.2) is 38.8 Å². The van der Waals surface area contributed by atoms with Crippen molar-refractivity contribution in [1.82, 2.24) is 14.7 Å². The summed E-state index contributed by atoms with van der Waals surface area (Å²) in [6.45, 7) is 3.82. The maximum Gasteiger partial charge on any atom is 0.274 e. The van der Waals surface area contributed by atoms with Crippen molar-refractivity contribution in [2.45, 2.75) is 38.6 Å². The average Bonchev–Trinajstić information content (AvgIpc) is 2.64. The molecule has 25 heavy (non-hydrogen) atoms. The van der Waals surface area contributed by atoms with Gasteiger partial charge in [0.25, 0.3) is 11.5 Å². The second-order valence-corrected chi connectivity index (χ2v) is 6.44. The molecule has 1 aromatic carbocycles. The van der Waals surface area contributed by atoms with Crippen molar-refractivity contribution in [2.24, 2.45) is 0 Å². The molecule has 1 aliphatic rings. The smallest absolute Gasteiger partial charge is 0.274 e. The number of likely N-dealkylation sites (tertiary alicyclic amines) is 1. The summed E-state index contributed by atoms with van der Waals surface area (Å²) in [4.78, 5) is 26.2. The molecule has 1 aromatic heterocycles. The Kier molecular flexibility index (Phi) is 5.16. The lowest BCUT2D eigenvalue weighted by Gasteiger charge is -2.32. The van der Waals surface area contributed by atoms with E-state index < -0.39 is 0 Å². The van der Waals surface area contributed by atoms with E-state index in [2.05, 4.69) is 5.10 Å². The SMILES string of the molecule is CCCn1nc(C(=O)N2CCC(c3ccc(O)cc3)CC2)ccc1=O. The van der Waals surface area contributed by atoms with Crippen LogP contribution in [0.25, 0.3) is 0 Å². The van der Waals surface area contributed by atoms with Gasteiger partial charge in [0.2, 0.25) is 0 Å². The molecular formula is C19H23N3O3. The molecule has 0 saturated carbocycles. The molecule has 2 aromatic rings. The number of piperidine rings is 1. The van der Waals surface area contributed by atoms with E-state index in [1.54, 1.807) is 17.0 Å². The molecule has 0 aliphatic carbocycles. The first-order chi connectivity index (χ1) is 12.1. The van der Waals surface area contributed by atoms with Gasteiger partial charge >= 0.3 is 0 Å². The van der Waals surface area contributed by atoms with Gasteiger partial charge in [0, 0.05) is 25.7 Å². The third-order valence-corrected chi connectivity index (χ3v) is 4.67. The van der Waals surface area contributed by atoms with E-state index in [4.69, 9.17) is 0 Å². The molecule has 0 spiro atoms. The van der Waals surface area contributed by atoms with Crippen LogP contribution in [0.1, 0.15) is 48.2 Å². The highest BCUT2D eigenvalue weighted by atomic mass is 16.3. The second-order valence-electron chi connectivity index (χ2n) is 6.44. The normalized spacial score (nSPS) is 15.3. The van der Waals surface area contributed by atoms with Gasteiger partial charge in [0.05, 0.1) is 0 Å². The fourth-order valence-corrected chi connectivity index (χ4v) is 3.26. The van der Waals surface area contributed by atoms with Crippen LogP contribution < -0.4 is 5.56 Å². The van der Waals surface area contributed by atoms with Crippen molar-refractivity contribution in [3.8, 4) is 5.75 Å². The lowest BCUT2D eigenvalue weighted by atomic mass is 9.89. The van der Waals surface area contributed by atoms with Crippen LogP contribution in [0.3, 0.4) is 0 Å². The molecule has 0 radical (unpaired) electrons. The third-order valence-electron chi connectivity index (χ3n) is 4.67. The highest BCUT2D eigenvalue weighted by Gasteiger charge is 2.25. The van der Waals surface area contributed by atoms with Gasteiger partial charge in [0.15, 0.2) is 0 Å². The number of nitrogens with zero attached hydrogens (tertiary/aromatic N) is 3. The Balaban J connectivity index is 1.66. The molecule has 1 fully saturated rings. The molecule has 1 amide bonds. The zero-order chi connectivity index (χ0) is 17.8. The average molecular weight is 341 g/mol. The number of aromatic nitrogens is 2. The summed E-state index contributed by atoms with van der Waals surface area (Å²) in [6, 6.07) is 10.2. The molecular weight excluding hydrogens is 318 g/mol. The van der Waals surface area contributed by atoms with Crippen LogP contribution >= 0.6 is 0 Å². The minimum atomic E-state index is -0.176. The van der Waals surface area contributed by atoms with Gasteiger partial charge in [-0.1, -0.05) is 19.1 Å². The van der Waals surface area contributed by atoms with Gasteiger partial charge in [-0.3, -0.25) is 9.59 Å². The molecule has 132 valence electrons. The van der Waals surface area contributed by atoms with Gasteiger partial charge in [-0.15, -0.1) is 0 Å². The van der Waals surface area contributed by atoms with E-state index in [0.29, 0.717) is 31.2 Å². The number of rotatable bonds is 4. The first-order valence-corrected chi connectivity index (χ1v) is 8.75. The zero-order valence-corrected chi connectivity index (χ0v) is 14.4. The minimum absolute atomic E-state index is 0.117. The Morgan fingerprint density at radius 3 is 2.48 bits per heavy atom. The summed E-state index contributed by atoms with van der Waals surface area (Å²) in [5.74, 6) is 0.547. The van der Waals surface area contributed by atoms with Gasteiger partial charge in [0.1, 0.15) is 11.4 Å². The third kappa shape index (κ3) is 3.90. The monoisotopic (exact) mass is 341 g/mol. The molecule has 1 aliphatic heterocycles. The van der Waals surface area contributed by atoms with Gasteiger partial charge in [-0.2, -0.15) is 5.10 Å². The number of phenolic OH excluding ortho intramolecular Hbond substituents is 1. The molecule has 2 heterocycles. The fraction of sp³-hybridized carbons (Fsp3) is 0.421. The summed E-state index contributed by atoms with van der Waals surface area (Å²) >= 11 is 0.